The first kappa shape index (κ1) is 26.7. The molecule has 0 unspecified atom stereocenters. The van der Waals surface area contributed by atoms with Gasteiger partial charge >= 0.3 is 6.03 Å². The van der Waals surface area contributed by atoms with Gasteiger partial charge in [-0.3, -0.25) is 4.79 Å². The molecule has 9 nitrogen and oxygen atoms in total. The molecule has 0 aliphatic carbocycles. The summed E-state index contributed by atoms with van der Waals surface area (Å²) < 4.78 is 8.08. The number of aromatic nitrogens is 2. The third kappa shape index (κ3) is 4.82. The average molecular weight is 515 g/mol. The standard InChI is InChI=1S/C29H34N6O3/c1-5-29(13-6-7-14-34(3)26(29)36)22-9-8-10-23(15-22)38-24-16-21(12-11-20(24)17-30)28(2,33-27(31)37)25-18-32-19-35(25)4/h8-12,15-16,18-19H,5-7,13-14H2,1-4H3,(H3,31,33,37)/t28-,29+/m1/s1. The molecule has 1 aromatic heterocycles. The summed E-state index contributed by atoms with van der Waals surface area (Å²) in [4.78, 5) is 31.4. The van der Waals surface area contributed by atoms with E-state index in [1.54, 1.807) is 35.3 Å². The van der Waals surface area contributed by atoms with Crippen molar-refractivity contribution in [1.82, 2.24) is 19.8 Å². The Morgan fingerprint density at radius 1 is 1.26 bits per heavy atom. The Bertz CT molecular complexity index is 1390. The third-order valence-corrected chi connectivity index (χ3v) is 7.70. The molecule has 0 saturated carbocycles. The fourth-order valence-electron chi connectivity index (χ4n) is 5.51. The smallest absolute Gasteiger partial charge is 0.313 e. The highest BCUT2D eigenvalue weighted by molar-refractivity contribution is 5.88. The number of imidazole rings is 1. The topological polar surface area (TPSA) is 126 Å². The third-order valence-electron chi connectivity index (χ3n) is 7.70. The summed E-state index contributed by atoms with van der Waals surface area (Å²) in [5.74, 6) is 0.976. The number of nitrogens with zero attached hydrogens (tertiary/aromatic N) is 4. The quantitative estimate of drug-likeness (QED) is 0.486. The number of hydrogen-bond donors (Lipinski definition) is 2. The number of nitriles is 1. The number of aryl methyl sites for hydroxylation is 1. The first-order valence-corrected chi connectivity index (χ1v) is 12.8. The lowest BCUT2D eigenvalue weighted by molar-refractivity contribution is -0.135. The van der Waals surface area contributed by atoms with E-state index < -0.39 is 17.0 Å². The lowest BCUT2D eigenvalue weighted by Crippen LogP contribution is -2.47. The number of nitrogens with two attached hydrogens (primary N) is 1. The zero-order chi connectivity index (χ0) is 27.5. The van der Waals surface area contributed by atoms with Crippen LogP contribution in [-0.4, -0.2) is 40.0 Å². The Balaban J connectivity index is 1.76. The Morgan fingerprint density at radius 2 is 2.05 bits per heavy atom. The molecule has 3 aromatic rings. The van der Waals surface area contributed by atoms with Crippen LogP contribution < -0.4 is 15.8 Å². The molecule has 2 atom stereocenters. The second-order valence-electron chi connectivity index (χ2n) is 10.1. The minimum absolute atomic E-state index is 0.124. The van der Waals surface area contributed by atoms with Crippen LogP contribution in [0.3, 0.4) is 0 Å². The van der Waals surface area contributed by atoms with E-state index >= 15 is 0 Å². The number of rotatable bonds is 7. The zero-order valence-electron chi connectivity index (χ0n) is 22.3. The summed E-state index contributed by atoms with van der Waals surface area (Å²) in [5.41, 5.74) is 6.49. The molecule has 3 N–H and O–H groups in total. The van der Waals surface area contributed by atoms with Gasteiger partial charge < -0.3 is 25.3 Å². The van der Waals surface area contributed by atoms with Crippen molar-refractivity contribution in [2.24, 2.45) is 12.8 Å². The van der Waals surface area contributed by atoms with E-state index in [0.717, 1.165) is 31.4 Å². The van der Waals surface area contributed by atoms with Crippen LogP contribution in [-0.2, 0) is 22.8 Å². The molecule has 198 valence electrons. The number of hydrogen-bond acceptors (Lipinski definition) is 5. The molecule has 0 radical (unpaired) electrons. The van der Waals surface area contributed by atoms with Gasteiger partial charge in [0.25, 0.3) is 0 Å². The van der Waals surface area contributed by atoms with E-state index in [0.29, 0.717) is 34.7 Å². The summed E-state index contributed by atoms with van der Waals surface area (Å²) in [6, 6.07) is 14.2. The Hall–Kier alpha value is -4.32. The molecule has 0 spiro atoms. The van der Waals surface area contributed by atoms with E-state index in [1.807, 2.05) is 57.1 Å². The fraction of sp³-hybridized carbons (Fsp3) is 0.379. The molecule has 38 heavy (non-hydrogen) atoms. The van der Waals surface area contributed by atoms with Crippen LogP contribution in [0, 0.1) is 11.3 Å². The van der Waals surface area contributed by atoms with Crippen molar-refractivity contribution < 1.29 is 14.3 Å². The second-order valence-corrected chi connectivity index (χ2v) is 10.1. The van der Waals surface area contributed by atoms with Gasteiger partial charge in [0.1, 0.15) is 23.1 Å². The Morgan fingerprint density at radius 3 is 2.71 bits per heavy atom. The maximum atomic E-state index is 13.4. The lowest BCUT2D eigenvalue weighted by atomic mass is 9.73. The van der Waals surface area contributed by atoms with Gasteiger partial charge in [-0.1, -0.05) is 31.5 Å². The molecule has 2 aromatic carbocycles. The maximum Gasteiger partial charge on any atom is 0.313 e. The minimum atomic E-state index is -1.03. The Labute approximate surface area is 223 Å². The van der Waals surface area contributed by atoms with Crippen LogP contribution in [0.4, 0.5) is 4.79 Å². The average Bonchev–Trinajstić information content (AvgIpc) is 3.28. The summed E-state index contributed by atoms with van der Waals surface area (Å²) in [5, 5.41) is 12.6. The summed E-state index contributed by atoms with van der Waals surface area (Å²) in [6.07, 6.45) is 6.70. The van der Waals surface area contributed by atoms with Gasteiger partial charge in [0.05, 0.1) is 29.2 Å². The normalized spacial score (nSPS) is 19.2. The van der Waals surface area contributed by atoms with Gasteiger partial charge in [0.2, 0.25) is 5.91 Å². The number of likely N-dealkylation sites (tertiary alicyclic amines) is 1. The highest BCUT2D eigenvalue weighted by atomic mass is 16.5. The molecular weight excluding hydrogens is 480 g/mol. The van der Waals surface area contributed by atoms with Crippen LogP contribution in [0.1, 0.15) is 61.9 Å². The Kier molecular flexibility index (Phi) is 7.44. The number of urea groups is 1. The van der Waals surface area contributed by atoms with Crippen molar-refractivity contribution in [2.75, 3.05) is 13.6 Å². The second kappa shape index (κ2) is 10.6. The van der Waals surface area contributed by atoms with Gasteiger partial charge in [-0.2, -0.15) is 5.26 Å². The van der Waals surface area contributed by atoms with Crippen LogP contribution in [0.5, 0.6) is 11.5 Å². The first-order chi connectivity index (χ1) is 18.1. The predicted molar refractivity (Wildman–Crippen MR) is 144 cm³/mol. The van der Waals surface area contributed by atoms with Crippen LogP contribution in [0.25, 0.3) is 0 Å². The molecule has 1 aliphatic rings. The molecule has 1 saturated heterocycles. The molecule has 1 aliphatic heterocycles. The van der Waals surface area contributed by atoms with Gasteiger partial charge in [0, 0.05) is 20.6 Å². The SMILES string of the molecule is CC[C@@]1(c2cccc(Oc3cc([C@@](C)(NC(N)=O)c4cncn4C)ccc3C#N)c2)CCCCN(C)C1=O. The van der Waals surface area contributed by atoms with Crippen LogP contribution in [0.15, 0.2) is 55.0 Å². The number of likely N-dealkylation sites (N-methyl/N-ethyl adjacent to an activating group) is 1. The van der Waals surface area contributed by atoms with Crippen LogP contribution >= 0.6 is 0 Å². The van der Waals surface area contributed by atoms with Gasteiger partial charge in [-0.05, 0) is 61.6 Å². The van der Waals surface area contributed by atoms with Gasteiger partial charge in [0.15, 0.2) is 0 Å². The number of carbonyl (C=O) groups is 2. The summed E-state index contributed by atoms with van der Waals surface area (Å²) in [6.45, 7) is 4.62. The highest BCUT2D eigenvalue weighted by Gasteiger charge is 2.41. The number of nitrogens with one attached hydrogen (secondary N) is 1. The summed E-state index contributed by atoms with van der Waals surface area (Å²) >= 11 is 0. The largest absolute Gasteiger partial charge is 0.456 e. The molecule has 1 fully saturated rings. The molecule has 9 heteroatoms. The van der Waals surface area contributed by atoms with Crippen molar-refractivity contribution in [3.05, 3.63) is 77.4 Å². The minimum Gasteiger partial charge on any atom is -0.456 e. The van der Waals surface area contributed by atoms with E-state index in [-0.39, 0.29) is 5.91 Å². The monoisotopic (exact) mass is 514 g/mol. The molecule has 2 heterocycles. The molecule has 3 amide bonds. The molecule has 4 rings (SSSR count). The van der Waals surface area contributed by atoms with Crippen molar-refractivity contribution in [2.45, 2.75) is 50.5 Å². The number of amides is 3. The van der Waals surface area contributed by atoms with Crippen LogP contribution in [0.2, 0.25) is 0 Å². The predicted octanol–water partition coefficient (Wildman–Crippen LogP) is 4.31. The molecule has 0 bridgehead atoms. The summed E-state index contributed by atoms with van der Waals surface area (Å²) in [7, 11) is 3.69. The van der Waals surface area contributed by atoms with Crippen molar-refractivity contribution in [3.8, 4) is 17.6 Å². The number of carbonyl (C=O) groups excluding carboxylic acids is 2. The van der Waals surface area contributed by atoms with Crippen molar-refractivity contribution in [1.29, 1.82) is 5.26 Å². The van der Waals surface area contributed by atoms with E-state index in [9.17, 15) is 14.9 Å². The zero-order valence-corrected chi connectivity index (χ0v) is 22.3. The highest BCUT2D eigenvalue weighted by Crippen LogP contribution is 2.40. The van der Waals surface area contributed by atoms with E-state index in [4.69, 9.17) is 10.5 Å². The molecular formula is C29H34N6O3. The van der Waals surface area contributed by atoms with Crippen molar-refractivity contribution >= 4 is 11.9 Å². The van der Waals surface area contributed by atoms with Gasteiger partial charge in [-0.25, -0.2) is 9.78 Å². The van der Waals surface area contributed by atoms with E-state index in [1.165, 1.54) is 0 Å². The maximum absolute atomic E-state index is 13.4. The number of primary amides is 1. The van der Waals surface area contributed by atoms with E-state index in [2.05, 4.69) is 16.4 Å². The van der Waals surface area contributed by atoms with Gasteiger partial charge in [-0.15, -0.1) is 0 Å². The first-order valence-electron chi connectivity index (χ1n) is 12.8. The fourth-order valence-corrected chi connectivity index (χ4v) is 5.51. The lowest BCUT2D eigenvalue weighted by Gasteiger charge is -2.33. The number of ether oxygens (including phenoxy) is 1. The number of benzene rings is 2. The van der Waals surface area contributed by atoms with Crippen molar-refractivity contribution in [3.63, 3.8) is 0 Å².